The number of rotatable bonds is 4. The van der Waals surface area contributed by atoms with Crippen LogP contribution in [0.5, 0.6) is 0 Å². The molecule has 3 heterocycles. The molecule has 1 N–H and O–H groups in total. The fourth-order valence-corrected chi connectivity index (χ4v) is 5.09. The number of hydrogen-bond acceptors (Lipinski definition) is 4. The van der Waals surface area contributed by atoms with E-state index in [-0.39, 0.29) is 11.8 Å². The number of nitrogens with zero attached hydrogens (tertiary/aromatic N) is 4. The maximum atomic E-state index is 13.0. The molecule has 1 fully saturated rings. The van der Waals surface area contributed by atoms with Crippen LogP contribution < -0.4 is 10.2 Å². The first-order chi connectivity index (χ1) is 16.8. The highest BCUT2D eigenvalue weighted by atomic mass is 35.5. The van der Waals surface area contributed by atoms with Crippen molar-refractivity contribution in [1.82, 2.24) is 14.6 Å². The minimum atomic E-state index is -0.0356. The lowest BCUT2D eigenvalue weighted by Crippen LogP contribution is -2.39. The van der Waals surface area contributed by atoms with Crippen LogP contribution in [-0.4, -0.2) is 33.6 Å². The fourth-order valence-electron chi connectivity index (χ4n) is 4.92. The summed E-state index contributed by atoms with van der Waals surface area (Å²) in [7, 11) is 0. The molecule has 35 heavy (non-hydrogen) atoms. The zero-order valence-corrected chi connectivity index (χ0v) is 21.4. The Kier molecular flexibility index (Phi) is 6.24. The van der Waals surface area contributed by atoms with Crippen molar-refractivity contribution in [2.24, 2.45) is 5.92 Å². The van der Waals surface area contributed by atoms with Crippen LogP contribution in [0.3, 0.4) is 0 Å². The van der Waals surface area contributed by atoms with Gasteiger partial charge in [0.1, 0.15) is 5.82 Å². The monoisotopic (exact) mass is 487 g/mol. The van der Waals surface area contributed by atoms with Gasteiger partial charge in [0.05, 0.1) is 5.69 Å². The summed E-state index contributed by atoms with van der Waals surface area (Å²) in [6.07, 6.45) is 1.55. The zero-order valence-electron chi connectivity index (χ0n) is 20.6. The van der Waals surface area contributed by atoms with Crippen LogP contribution >= 0.6 is 11.6 Å². The van der Waals surface area contributed by atoms with Gasteiger partial charge in [-0.2, -0.15) is 9.61 Å². The van der Waals surface area contributed by atoms with Gasteiger partial charge < -0.3 is 10.2 Å². The Bertz CT molecular complexity index is 1400. The molecule has 0 bridgehead atoms. The lowest BCUT2D eigenvalue weighted by molar-refractivity contribution is -0.120. The molecule has 7 heteroatoms. The van der Waals surface area contributed by atoms with Crippen LogP contribution in [0.15, 0.2) is 48.5 Å². The molecule has 6 nitrogen and oxygen atoms in total. The summed E-state index contributed by atoms with van der Waals surface area (Å²) >= 11 is 6.22. The molecule has 4 aromatic rings. The summed E-state index contributed by atoms with van der Waals surface area (Å²) in [5.41, 5.74) is 7.93. The van der Waals surface area contributed by atoms with E-state index in [1.165, 1.54) is 11.1 Å². The number of anilines is 2. The maximum Gasteiger partial charge on any atom is 0.227 e. The van der Waals surface area contributed by atoms with Crippen LogP contribution in [0, 0.1) is 33.6 Å². The number of benzene rings is 2. The highest BCUT2D eigenvalue weighted by Crippen LogP contribution is 2.29. The normalized spacial score (nSPS) is 14.5. The Labute approximate surface area is 210 Å². The van der Waals surface area contributed by atoms with Gasteiger partial charge in [-0.25, -0.2) is 4.98 Å². The number of fused-ring (bicyclic) bond motifs is 1. The molecule has 1 aliphatic heterocycles. The largest absolute Gasteiger partial charge is 0.356 e. The van der Waals surface area contributed by atoms with Gasteiger partial charge in [-0.3, -0.25) is 4.79 Å². The van der Waals surface area contributed by atoms with Gasteiger partial charge in [-0.1, -0.05) is 34.9 Å². The molecule has 2 aromatic carbocycles. The molecule has 180 valence electrons. The summed E-state index contributed by atoms with van der Waals surface area (Å²) in [5, 5.41) is 8.67. The van der Waals surface area contributed by atoms with Crippen molar-refractivity contribution >= 4 is 34.7 Å². The molecule has 0 spiro atoms. The second-order valence-corrected chi connectivity index (χ2v) is 10.0. The number of aromatic nitrogens is 3. The fraction of sp³-hybridized carbons (Fsp3) is 0.321. The van der Waals surface area contributed by atoms with E-state index >= 15 is 0 Å². The van der Waals surface area contributed by atoms with Gasteiger partial charge in [0.2, 0.25) is 5.91 Å². The second-order valence-electron chi connectivity index (χ2n) is 9.59. The van der Waals surface area contributed by atoms with Crippen molar-refractivity contribution in [3.63, 3.8) is 0 Å². The highest BCUT2D eigenvalue weighted by Gasteiger charge is 2.27. The molecular formula is C28H30ClN5O. The molecule has 1 amide bonds. The average Bonchev–Trinajstić information content (AvgIpc) is 3.25. The summed E-state index contributed by atoms with van der Waals surface area (Å²) < 4.78 is 1.94. The summed E-state index contributed by atoms with van der Waals surface area (Å²) in [4.78, 5) is 20.0. The number of piperidine rings is 1. The first kappa shape index (κ1) is 23.4. The van der Waals surface area contributed by atoms with Gasteiger partial charge in [0.15, 0.2) is 5.65 Å². The molecule has 1 saturated heterocycles. The lowest BCUT2D eigenvalue weighted by Gasteiger charge is -2.33. The van der Waals surface area contributed by atoms with Crippen LogP contribution in [0.4, 0.5) is 11.5 Å². The average molecular weight is 488 g/mol. The third-order valence-corrected chi connectivity index (χ3v) is 7.18. The van der Waals surface area contributed by atoms with Crippen LogP contribution in [-0.2, 0) is 4.79 Å². The second kappa shape index (κ2) is 9.34. The van der Waals surface area contributed by atoms with Crippen molar-refractivity contribution in [1.29, 1.82) is 0 Å². The lowest BCUT2D eigenvalue weighted by atomic mass is 9.95. The molecule has 2 aromatic heterocycles. The topological polar surface area (TPSA) is 62.5 Å². The van der Waals surface area contributed by atoms with Crippen molar-refractivity contribution in [3.8, 4) is 11.3 Å². The minimum absolute atomic E-state index is 0.0356. The van der Waals surface area contributed by atoms with Crippen molar-refractivity contribution in [2.45, 2.75) is 40.5 Å². The van der Waals surface area contributed by atoms with E-state index in [2.05, 4.69) is 54.4 Å². The van der Waals surface area contributed by atoms with E-state index in [9.17, 15) is 4.79 Å². The molecule has 0 saturated carbocycles. The Hall–Kier alpha value is -3.38. The predicted molar refractivity (Wildman–Crippen MR) is 142 cm³/mol. The van der Waals surface area contributed by atoms with E-state index < -0.39 is 0 Å². The molecule has 0 radical (unpaired) electrons. The first-order valence-electron chi connectivity index (χ1n) is 12.1. The van der Waals surface area contributed by atoms with Gasteiger partial charge in [0, 0.05) is 53.1 Å². The summed E-state index contributed by atoms with van der Waals surface area (Å²) in [6, 6.07) is 16.2. The molecule has 1 aliphatic rings. The Balaban J connectivity index is 1.35. The molecular weight excluding hydrogens is 458 g/mol. The Morgan fingerprint density at radius 2 is 1.71 bits per heavy atom. The first-order valence-corrected chi connectivity index (χ1v) is 12.4. The maximum absolute atomic E-state index is 13.0. The Morgan fingerprint density at radius 3 is 2.43 bits per heavy atom. The SMILES string of the molecule is Cc1cc(C)cc(-c2cc3nc(C)cc(N4CCC(C(=O)Nc5cccc(Cl)c5C)CC4)n3n2)c1. The van der Waals surface area contributed by atoms with E-state index in [0.29, 0.717) is 5.02 Å². The van der Waals surface area contributed by atoms with Gasteiger partial charge in [-0.15, -0.1) is 0 Å². The number of carbonyl (C=O) groups is 1. The number of aryl methyl sites for hydroxylation is 3. The smallest absolute Gasteiger partial charge is 0.227 e. The number of halogens is 1. The standard InChI is InChI=1S/C28H30ClN5O/c1-17-12-18(2)14-22(13-17)25-16-26-30-19(3)15-27(34(26)32-25)33-10-8-21(9-11-33)28(35)31-24-7-5-6-23(29)20(24)4/h5-7,12-16,21H,8-11H2,1-4H3,(H,31,35). The number of hydrogen-bond donors (Lipinski definition) is 1. The highest BCUT2D eigenvalue weighted by molar-refractivity contribution is 6.31. The molecule has 0 atom stereocenters. The zero-order chi connectivity index (χ0) is 24.7. The van der Waals surface area contributed by atoms with E-state index in [4.69, 9.17) is 21.7 Å². The number of nitrogens with one attached hydrogen (secondary N) is 1. The molecule has 0 aliphatic carbocycles. The summed E-state index contributed by atoms with van der Waals surface area (Å²) in [6.45, 7) is 9.71. The number of carbonyl (C=O) groups excluding carboxylic acids is 1. The van der Waals surface area contributed by atoms with E-state index in [0.717, 1.165) is 65.6 Å². The number of amides is 1. The molecule has 5 rings (SSSR count). The van der Waals surface area contributed by atoms with Crippen molar-refractivity contribution in [2.75, 3.05) is 23.3 Å². The van der Waals surface area contributed by atoms with Crippen LogP contribution in [0.2, 0.25) is 5.02 Å². The van der Waals surface area contributed by atoms with E-state index in [1.807, 2.05) is 36.6 Å². The predicted octanol–water partition coefficient (Wildman–Crippen LogP) is 6.14. The third-order valence-electron chi connectivity index (χ3n) is 6.77. The minimum Gasteiger partial charge on any atom is -0.356 e. The van der Waals surface area contributed by atoms with Crippen molar-refractivity contribution in [3.05, 3.63) is 75.9 Å². The van der Waals surface area contributed by atoms with Crippen LogP contribution in [0.25, 0.3) is 16.9 Å². The Morgan fingerprint density at radius 1 is 1.00 bits per heavy atom. The summed E-state index contributed by atoms with van der Waals surface area (Å²) in [5.74, 6) is 1.04. The quantitative estimate of drug-likeness (QED) is 0.375. The van der Waals surface area contributed by atoms with E-state index in [1.54, 1.807) is 0 Å². The van der Waals surface area contributed by atoms with Gasteiger partial charge in [-0.05, 0) is 70.4 Å². The van der Waals surface area contributed by atoms with Gasteiger partial charge in [0.25, 0.3) is 0 Å². The third kappa shape index (κ3) is 4.76. The van der Waals surface area contributed by atoms with Gasteiger partial charge >= 0.3 is 0 Å². The van der Waals surface area contributed by atoms with Crippen LogP contribution in [0.1, 0.15) is 35.2 Å². The molecule has 0 unspecified atom stereocenters. The van der Waals surface area contributed by atoms with Crippen molar-refractivity contribution < 1.29 is 4.79 Å².